The minimum atomic E-state index is -1.33. The molecule has 0 fully saturated rings. The summed E-state index contributed by atoms with van der Waals surface area (Å²) in [6, 6.07) is 5.57. The second-order valence-corrected chi connectivity index (χ2v) is 6.15. The number of carbonyl (C=O) groups excluding carboxylic acids is 1. The third kappa shape index (κ3) is 2.23. The molecule has 0 saturated heterocycles. The number of hydrogen-bond donors (Lipinski definition) is 1. The maximum absolute atomic E-state index is 11.1. The molecule has 2 unspecified atom stereocenters. The van der Waals surface area contributed by atoms with E-state index in [1.54, 1.807) is 6.66 Å². The largest absolute Gasteiger partial charge is 0.373 e. The number of nitrogens with zero attached hydrogens (tertiary/aromatic N) is 1. The molecule has 1 heterocycles. The summed E-state index contributed by atoms with van der Waals surface area (Å²) in [5.41, 5.74) is 1.40. The maximum atomic E-state index is 11.1. The number of aryl methyl sites for hydroxylation is 1. The first-order valence-electron chi connectivity index (χ1n) is 5.16. The molecule has 0 amide bonds. The molecule has 90 valence electrons. The van der Waals surface area contributed by atoms with Crippen molar-refractivity contribution in [2.45, 2.75) is 5.66 Å². The summed E-state index contributed by atoms with van der Waals surface area (Å²) in [4.78, 5) is 20.8. The normalized spacial score (nSPS) is 14.8. The Balaban J connectivity index is 2.68. The molecule has 0 bridgehead atoms. The van der Waals surface area contributed by atoms with E-state index in [1.807, 2.05) is 36.0 Å². The molecule has 2 rings (SSSR count). The van der Waals surface area contributed by atoms with Gasteiger partial charge in [-0.2, -0.15) is 0 Å². The SMILES string of the molecule is Cn1cc(C(C=O)P(C)O)c2cc(Cl)ccc21. The van der Waals surface area contributed by atoms with Gasteiger partial charge in [0.15, 0.2) is 0 Å². The molecule has 1 N–H and O–H groups in total. The zero-order valence-electron chi connectivity index (χ0n) is 9.59. The molecule has 0 aliphatic heterocycles. The van der Waals surface area contributed by atoms with Crippen molar-refractivity contribution in [2.75, 3.05) is 6.66 Å². The van der Waals surface area contributed by atoms with Crippen LogP contribution < -0.4 is 0 Å². The fourth-order valence-corrected chi connectivity index (χ4v) is 2.95. The van der Waals surface area contributed by atoms with Crippen LogP contribution in [0.2, 0.25) is 5.02 Å². The highest BCUT2D eigenvalue weighted by molar-refractivity contribution is 7.52. The van der Waals surface area contributed by atoms with Crippen molar-refractivity contribution < 1.29 is 9.69 Å². The van der Waals surface area contributed by atoms with Crippen LogP contribution in [0.1, 0.15) is 11.2 Å². The van der Waals surface area contributed by atoms with E-state index in [1.165, 1.54) is 0 Å². The first-order valence-corrected chi connectivity index (χ1v) is 7.35. The molecule has 0 aliphatic carbocycles. The fourth-order valence-electron chi connectivity index (χ4n) is 1.99. The summed E-state index contributed by atoms with van der Waals surface area (Å²) >= 11 is 5.97. The fraction of sp³-hybridized carbons (Fsp3) is 0.250. The van der Waals surface area contributed by atoms with Crippen molar-refractivity contribution in [2.24, 2.45) is 7.05 Å². The van der Waals surface area contributed by atoms with Crippen molar-refractivity contribution in [3.8, 4) is 0 Å². The van der Waals surface area contributed by atoms with Gasteiger partial charge in [-0.1, -0.05) is 11.6 Å². The molecule has 0 spiro atoms. The Labute approximate surface area is 106 Å². The number of carbonyl (C=O) groups is 1. The number of fused-ring (bicyclic) bond motifs is 1. The van der Waals surface area contributed by atoms with E-state index in [0.29, 0.717) is 5.02 Å². The van der Waals surface area contributed by atoms with Gasteiger partial charge in [0.2, 0.25) is 0 Å². The second-order valence-electron chi connectivity index (χ2n) is 4.01. The number of aromatic nitrogens is 1. The maximum Gasteiger partial charge on any atom is 0.134 e. The average Bonchev–Trinajstić information content (AvgIpc) is 2.56. The number of hydrogen-bond acceptors (Lipinski definition) is 2. The predicted octanol–water partition coefficient (Wildman–Crippen LogP) is 3.09. The van der Waals surface area contributed by atoms with Gasteiger partial charge in [-0.15, -0.1) is 0 Å². The molecule has 0 saturated carbocycles. The smallest absolute Gasteiger partial charge is 0.134 e. The van der Waals surface area contributed by atoms with Crippen molar-refractivity contribution in [3.05, 3.63) is 35.0 Å². The highest BCUT2D eigenvalue weighted by Crippen LogP contribution is 2.45. The van der Waals surface area contributed by atoms with Crippen LogP contribution in [0.4, 0.5) is 0 Å². The molecule has 17 heavy (non-hydrogen) atoms. The zero-order chi connectivity index (χ0) is 12.6. The third-order valence-electron chi connectivity index (χ3n) is 2.83. The van der Waals surface area contributed by atoms with Gasteiger partial charge in [-0.05, 0) is 30.4 Å². The van der Waals surface area contributed by atoms with E-state index >= 15 is 0 Å². The number of halogens is 1. The highest BCUT2D eigenvalue weighted by Gasteiger charge is 2.21. The minimum Gasteiger partial charge on any atom is -0.373 e. The Hall–Kier alpha value is -0.890. The summed E-state index contributed by atoms with van der Waals surface area (Å²) in [6.07, 6.45) is 2.69. The van der Waals surface area contributed by atoms with Gasteiger partial charge in [0.25, 0.3) is 0 Å². The molecule has 0 aliphatic rings. The highest BCUT2D eigenvalue weighted by atomic mass is 35.5. The lowest BCUT2D eigenvalue weighted by Gasteiger charge is -2.12. The first kappa shape index (κ1) is 12.6. The second kappa shape index (κ2) is 4.77. The molecule has 1 aromatic carbocycles. The Morgan fingerprint density at radius 1 is 1.53 bits per heavy atom. The lowest BCUT2D eigenvalue weighted by molar-refractivity contribution is -0.107. The van der Waals surface area contributed by atoms with E-state index in [2.05, 4.69) is 0 Å². The van der Waals surface area contributed by atoms with Gasteiger partial charge >= 0.3 is 0 Å². The average molecular weight is 270 g/mol. The molecule has 3 nitrogen and oxygen atoms in total. The van der Waals surface area contributed by atoms with E-state index in [4.69, 9.17) is 11.6 Å². The summed E-state index contributed by atoms with van der Waals surface area (Å²) in [6.45, 7) is 1.68. The van der Waals surface area contributed by atoms with Crippen LogP contribution in [0, 0.1) is 0 Å². The van der Waals surface area contributed by atoms with Crippen molar-refractivity contribution in [3.63, 3.8) is 0 Å². The summed E-state index contributed by atoms with van der Waals surface area (Å²) < 4.78 is 1.94. The van der Waals surface area contributed by atoms with Gasteiger partial charge in [0.1, 0.15) is 6.29 Å². The summed E-state index contributed by atoms with van der Waals surface area (Å²) in [5, 5.41) is 1.56. The number of rotatable bonds is 3. The standard InChI is InChI=1S/C12H13ClNO2P/c1-14-6-10(12(7-15)17(2)16)9-5-8(13)3-4-11(9)14/h3-7,12,16H,1-2H3. The van der Waals surface area contributed by atoms with Crippen LogP contribution >= 0.6 is 19.7 Å². The van der Waals surface area contributed by atoms with E-state index < -0.39 is 13.8 Å². The van der Waals surface area contributed by atoms with E-state index in [0.717, 1.165) is 22.8 Å². The monoisotopic (exact) mass is 269 g/mol. The Bertz CT molecular complexity index is 565. The number of aldehydes is 1. The van der Waals surface area contributed by atoms with Gasteiger partial charge in [-0.3, -0.25) is 0 Å². The third-order valence-corrected chi connectivity index (χ3v) is 4.27. The van der Waals surface area contributed by atoms with E-state index in [9.17, 15) is 9.69 Å². The molecule has 2 atom stereocenters. The molecule has 0 radical (unpaired) electrons. The van der Waals surface area contributed by atoms with Crippen LogP contribution in [0.3, 0.4) is 0 Å². The topological polar surface area (TPSA) is 42.2 Å². The lowest BCUT2D eigenvalue weighted by Crippen LogP contribution is -1.96. The lowest BCUT2D eigenvalue weighted by atomic mass is 10.1. The molecule has 1 aromatic heterocycles. The van der Waals surface area contributed by atoms with Crippen molar-refractivity contribution in [1.29, 1.82) is 0 Å². The van der Waals surface area contributed by atoms with Crippen LogP contribution in [-0.4, -0.2) is 22.4 Å². The summed E-state index contributed by atoms with van der Waals surface area (Å²) in [5.74, 6) is 0. The van der Waals surface area contributed by atoms with Gasteiger partial charge in [0.05, 0.1) is 5.66 Å². The Morgan fingerprint density at radius 3 is 2.82 bits per heavy atom. The van der Waals surface area contributed by atoms with Crippen LogP contribution in [0.5, 0.6) is 0 Å². The minimum absolute atomic E-state index is 0.452. The van der Waals surface area contributed by atoms with Gasteiger partial charge in [0, 0.05) is 37.3 Å². The van der Waals surface area contributed by atoms with Crippen molar-refractivity contribution >= 4 is 36.9 Å². The van der Waals surface area contributed by atoms with Crippen LogP contribution in [-0.2, 0) is 11.8 Å². The van der Waals surface area contributed by atoms with Gasteiger partial charge < -0.3 is 14.3 Å². The predicted molar refractivity (Wildman–Crippen MR) is 71.8 cm³/mol. The van der Waals surface area contributed by atoms with Crippen LogP contribution in [0.15, 0.2) is 24.4 Å². The quantitative estimate of drug-likeness (QED) is 0.687. The Kier molecular flexibility index (Phi) is 3.53. The van der Waals surface area contributed by atoms with Crippen LogP contribution in [0.25, 0.3) is 10.9 Å². The molecular formula is C12H13ClNO2P. The molecular weight excluding hydrogens is 257 g/mol. The van der Waals surface area contributed by atoms with Crippen molar-refractivity contribution in [1.82, 2.24) is 4.57 Å². The molecule has 5 heteroatoms. The van der Waals surface area contributed by atoms with E-state index in [-0.39, 0.29) is 0 Å². The first-order chi connectivity index (χ1) is 8.04. The zero-order valence-corrected chi connectivity index (χ0v) is 11.2. The Morgan fingerprint density at radius 2 is 2.24 bits per heavy atom. The molecule has 2 aromatic rings. The summed E-state index contributed by atoms with van der Waals surface area (Å²) in [7, 11) is 0.579. The van der Waals surface area contributed by atoms with Gasteiger partial charge in [-0.25, -0.2) is 0 Å². The number of benzene rings is 1.